The number of amides is 2. The smallest absolute Gasteiger partial charge is 0.265 e. The van der Waals surface area contributed by atoms with Crippen LogP contribution in [0.15, 0.2) is 48.5 Å². The van der Waals surface area contributed by atoms with Crippen molar-refractivity contribution >= 4 is 17.5 Å². The van der Waals surface area contributed by atoms with Crippen molar-refractivity contribution in [3.8, 4) is 5.75 Å². The molecular weight excluding hydrogens is 352 g/mol. The summed E-state index contributed by atoms with van der Waals surface area (Å²) in [5, 5.41) is 2.90. The van der Waals surface area contributed by atoms with Gasteiger partial charge >= 0.3 is 0 Å². The Morgan fingerprint density at radius 2 is 1.71 bits per heavy atom. The van der Waals surface area contributed by atoms with Gasteiger partial charge in [-0.3, -0.25) is 9.59 Å². The molecule has 2 amide bonds. The van der Waals surface area contributed by atoms with E-state index < -0.39 is 6.10 Å². The van der Waals surface area contributed by atoms with Gasteiger partial charge in [0.05, 0.1) is 11.3 Å². The van der Waals surface area contributed by atoms with Crippen LogP contribution in [0.25, 0.3) is 0 Å². The van der Waals surface area contributed by atoms with Gasteiger partial charge in [0.25, 0.3) is 11.8 Å². The van der Waals surface area contributed by atoms with Crippen LogP contribution in [-0.2, 0) is 4.79 Å². The van der Waals surface area contributed by atoms with Crippen molar-refractivity contribution in [2.75, 3.05) is 18.4 Å². The Morgan fingerprint density at radius 3 is 2.39 bits per heavy atom. The number of aryl methyl sites for hydroxylation is 1. The lowest BCUT2D eigenvalue weighted by molar-refractivity contribution is -0.122. The molecule has 5 nitrogen and oxygen atoms in total. The number of nitrogens with zero attached hydrogens (tertiary/aromatic N) is 1. The summed E-state index contributed by atoms with van der Waals surface area (Å²) >= 11 is 0. The molecule has 0 aliphatic carbocycles. The number of piperidine rings is 1. The summed E-state index contributed by atoms with van der Waals surface area (Å²) in [6.07, 6.45) is 3.13. The second-order valence-electron chi connectivity index (χ2n) is 7.22. The van der Waals surface area contributed by atoms with E-state index in [1.165, 1.54) is 0 Å². The molecule has 148 valence electrons. The Balaban J connectivity index is 1.72. The lowest BCUT2D eigenvalue weighted by atomic mass is 10.1. The maximum Gasteiger partial charge on any atom is 0.265 e. The van der Waals surface area contributed by atoms with Gasteiger partial charge in [-0.05, 0) is 56.9 Å². The highest BCUT2D eigenvalue weighted by Crippen LogP contribution is 2.21. The van der Waals surface area contributed by atoms with Crippen molar-refractivity contribution in [1.82, 2.24) is 4.90 Å². The number of rotatable bonds is 6. The number of carbonyl (C=O) groups is 2. The van der Waals surface area contributed by atoms with Crippen molar-refractivity contribution in [3.63, 3.8) is 0 Å². The number of ether oxygens (including phenoxy) is 1. The zero-order chi connectivity index (χ0) is 19.9. The largest absolute Gasteiger partial charge is 0.481 e. The number of carbonyl (C=O) groups excluding carboxylic acids is 2. The molecule has 0 saturated carbocycles. The Bertz CT molecular complexity index is 811. The van der Waals surface area contributed by atoms with Gasteiger partial charge in [-0.1, -0.05) is 36.8 Å². The summed E-state index contributed by atoms with van der Waals surface area (Å²) in [5.41, 5.74) is 2.20. The molecular formula is C23H28N2O3. The highest BCUT2D eigenvalue weighted by atomic mass is 16.5. The number of hydrogen-bond donors (Lipinski definition) is 1. The molecule has 0 aromatic heterocycles. The number of hydrogen-bond acceptors (Lipinski definition) is 3. The normalized spacial score (nSPS) is 15.0. The summed E-state index contributed by atoms with van der Waals surface area (Å²) in [7, 11) is 0. The number of likely N-dealkylation sites (tertiary alicyclic amines) is 1. The summed E-state index contributed by atoms with van der Waals surface area (Å²) in [5.74, 6) is 0.385. The van der Waals surface area contributed by atoms with E-state index in [1.807, 2.05) is 55.1 Å². The van der Waals surface area contributed by atoms with E-state index in [0.29, 0.717) is 23.4 Å². The molecule has 5 heteroatoms. The van der Waals surface area contributed by atoms with Gasteiger partial charge in [0.2, 0.25) is 0 Å². The second-order valence-corrected chi connectivity index (χ2v) is 7.22. The van der Waals surface area contributed by atoms with Gasteiger partial charge in [0.15, 0.2) is 6.10 Å². The van der Waals surface area contributed by atoms with Crippen LogP contribution >= 0.6 is 0 Å². The third-order valence-electron chi connectivity index (χ3n) is 5.02. The standard InChI is InChI=1S/C23H28N2O3/c1-3-21(28-18-13-11-17(2)12-14-18)22(26)24-20-10-6-5-9-19(20)23(27)25-15-7-4-8-16-25/h5-6,9-14,21H,3-4,7-8,15-16H2,1-2H3,(H,24,26)/t21-/m1/s1. The molecule has 28 heavy (non-hydrogen) atoms. The van der Waals surface area contributed by atoms with Gasteiger partial charge < -0.3 is 15.0 Å². The van der Waals surface area contributed by atoms with E-state index >= 15 is 0 Å². The number of para-hydroxylation sites is 1. The van der Waals surface area contributed by atoms with Crippen LogP contribution in [-0.4, -0.2) is 35.9 Å². The van der Waals surface area contributed by atoms with E-state index in [2.05, 4.69) is 5.32 Å². The maximum absolute atomic E-state index is 12.9. The summed E-state index contributed by atoms with van der Waals surface area (Å²) in [6, 6.07) is 14.8. The third kappa shape index (κ3) is 4.91. The van der Waals surface area contributed by atoms with Crippen LogP contribution in [0.2, 0.25) is 0 Å². The maximum atomic E-state index is 12.9. The van der Waals surface area contributed by atoms with E-state index in [9.17, 15) is 9.59 Å². The fourth-order valence-electron chi connectivity index (χ4n) is 3.36. The molecule has 2 aromatic rings. The number of benzene rings is 2. The molecule has 1 saturated heterocycles. The first-order valence-corrected chi connectivity index (χ1v) is 10.0. The van der Waals surface area contributed by atoms with E-state index in [4.69, 9.17) is 4.74 Å². The van der Waals surface area contributed by atoms with Crippen molar-refractivity contribution in [3.05, 3.63) is 59.7 Å². The van der Waals surface area contributed by atoms with Crippen LogP contribution in [0.1, 0.15) is 48.5 Å². The molecule has 1 fully saturated rings. The van der Waals surface area contributed by atoms with Crippen molar-refractivity contribution in [2.24, 2.45) is 0 Å². The van der Waals surface area contributed by atoms with Crippen LogP contribution in [0.4, 0.5) is 5.69 Å². The SMILES string of the molecule is CC[C@@H](Oc1ccc(C)cc1)C(=O)Nc1ccccc1C(=O)N1CCCCC1. The highest BCUT2D eigenvalue weighted by Gasteiger charge is 2.24. The van der Waals surface area contributed by atoms with E-state index in [0.717, 1.165) is 37.9 Å². The van der Waals surface area contributed by atoms with Crippen LogP contribution in [0, 0.1) is 6.92 Å². The minimum Gasteiger partial charge on any atom is -0.481 e. The quantitative estimate of drug-likeness (QED) is 0.807. The Kier molecular flexibility index (Phi) is 6.69. The lowest BCUT2D eigenvalue weighted by Gasteiger charge is -2.27. The van der Waals surface area contributed by atoms with Crippen molar-refractivity contribution < 1.29 is 14.3 Å². The van der Waals surface area contributed by atoms with Crippen LogP contribution in [0.3, 0.4) is 0 Å². The number of anilines is 1. The molecule has 1 heterocycles. The second kappa shape index (κ2) is 9.40. The molecule has 2 aromatic carbocycles. The molecule has 3 rings (SSSR count). The molecule has 1 aliphatic heterocycles. The monoisotopic (exact) mass is 380 g/mol. The summed E-state index contributed by atoms with van der Waals surface area (Å²) in [6.45, 7) is 5.46. The highest BCUT2D eigenvalue weighted by molar-refractivity contribution is 6.04. The van der Waals surface area contributed by atoms with Gasteiger partial charge in [0.1, 0.15) is 5.75 Å². The van der Waals surface area contributed by atoms with Gasteiger partial charge in [-0.2, -0.15) is 0 Å². The van der Waals surface area contributed by atoms with Crippen molar-refractivity contribution in [2.45, 2.75) is 45.6 Å². The molecule has 1 N–H and O–H groups in total. The fraction of sp³-hybridized carbons (Fsp3) is 0.391. The molecule has 1 atom stereocenters. The van der Waals surface area contributed by atoms with E-state index in [-0.39, 0.29) is 11.8 Å². The zero-order valence-corrected chi connectivity index (χ0v) is 16.6. The van der Waals surface area contributed by atoms with Gasteiger partial charge in [-0.25, -0.2) is 0 Å². The first kappa shape index (κ1) is 19.9. The molecule has 0 radical (unpaired) electrons. The average molecular weight is 380 g/mol. The first-order valence-electron chi connectivity index (χ1n) is 10.0. The lowest BCUT2D eigenvalue weighted by Crippen LogP contribution is -2.37. The molecule has 0 spiro atoms. The number of nitrogens with one attached hydrogen (secondary N) is 1. The third-order valence-corrected chi connectivity index (χ3v) is 5.02. The fourth-order valence-corrected chi connectivity index (χ4v) is 3.36. The van der Waals surface area contributed by atoms with Gasteiger partial charge in [-0.15, -0.1) is 0 Å². The topological polar surface area (TPSA) is 58.6 Å². The van der Waals surface area contributed by atoms with E-state index in [1.54, 1.807) is 12.1 Å². The first-order chi connectivity index (χ1) is 13.6. The minimum absolute atomic E-state index is 0.0249. The van der Waals surface area contributed by atoms with Crippen molar-refractivity contribution in [1.29, 1.82) is 0 Å². The molecule has 1 aliphatic rings. The van der Waals surface area contributed by atoms with Gasteiger partial charge in [0, 0.05) is 13.1 Å². The Morgan fingerprint density at radius 1 is 1.04 bits per heavy atom. The Hall–Kier alpha value is -2.82. The summed E-state index contributed by atoms with van der Waals surface area (Å²) in [4.78, 5) is 27.6. The molecule has 0 unspecified atom stereocenters. The predicted octanol–water partition coefficient (Wildman–Crippen LogP) is 4.42. The zero-order valence-electron chi connectivity index (χ0n) is 16.6. The van der Waals surface area contributed by atoms with Crippen LogP contribution in [0.5, 0.6) is 5.75 Å². The summed E-state index contributed by atoms with van der Waals surface area (Å²) < 4.78 is 5.86. The predicted molar refractivity (Wildman–Crippen MR) is 111 cm³/mol. The van der Waals surface area contributed by atoms with Crippen LogP contribution < -0.4 is 10.1 Å². The molecule has 0 bridgehead atoms. The Labute approximate surface area is 166 Å². The minimum atomic E-state index is -0.624. The average Bonchev–Trinajstić information content (AvgIpc) is 2.73.